The van der Waals surface area contributed by atoms with Gasteiger partial charge < -0.3 is 10.1 Å². The number of anilines is 2. The van der Waals surface area contributed by atoms with Crippen molar-refractivity contribution in [3.63, 3.8) is 0 Å². The van der Waals surface area contributed by atoms with Crippen molar-refractivity contribution in [1.29, 1.82) is 0 Å². The number of halogens is 1. The van der Waals surface area contributed by atoms with Crippen molar-refractivity contribution in [2.45, 2.75) is 44.7 Å². The summed E-state index contributed by atoms with van der Waals surface area (Å²) in [6.45, 7) is 6.49. The quantitative estimate of drug-likeness (QED) is 0.527. The average Bonchev–Trinajstić information content (AvgIpc) is 2.68. The molecule has 0 aliphatic carbocycles. The predicted molar refractivity (Wildman–Crippen MR) is 130 cm³/mol. The Morgan fingerprint density at radius 3 is 2.24 bits per heavy atom. The maximum atomic E-state index is 13.1. The molecule has 9 nitrogen and oxygen atoms in total. The normalized spacial score (nSPS) is 13.0. The Morgan fingerprint density at radius 2 is 1.70 bits per heavy atom. The van der Waals surface area contributed by atoms with E-state index in [1.54, 1.807) is 32.9 Å². The van der Waals surface area contributed by atoms with E-state index in [1.165, 1.54) is 38.3 Å². The molecule has 0 spiro atoms. The Kier molecular flexibility index (Phi) is 8.39. The first-order valence-corrected chi connectivity index (χ1v) is 13.6. The fourth-order valence-corrected chi connectivity index (χ4v) is 5.84. The van der Waals surface area contributed by atoms with E-state index in [0.717, 1.165) is 10.6 Å². The molecule has 0 fully saturated rings. The SMILES string of the molecule is COc1ccc(S(=O)(=O)NC(C)C)cc1NC(=O)[C@H](C)N(c1cc(Cl)ccc1C)S(C)(=O)=O. The van der Waals surface area contributed by atoms with E-state index in [4.69, 9.17) is 16.3 Å². The monoisotopic (exact) mass is 517 g/mol. The molecule has 0 aliphatic rings. The number of nitrogens with zero attached hydrogens (tertiary/aromatic N) is 1. The molecule has 2 aromatic rings. The summed E-state index contributed by atoms with van der Waals surface area (Å²) in [6.07, 6.45) is 0.989. The van der Waals surface area contributed by atoms with Gasteiger partial charge in [0, 0.05) is 11.1 Å². The first-order chi connectivity index (χ1) is 15.2. The first kappa shape index (κ1) is 26.9. The van der Waals surface area contributed by atoms with Crippen LogP contribution in [-0.2, 0) is 24.8 Å². The summed E-state index contributed by atoms with van der Waals surface area (Å²) in [5, 5.41) is 2.90. The zero-order chi connectivity index (χ0) is 25.1. The number of rotatable bonds is 9. The average molecular weight is 518 g/mol. The molecular formula is C21H28ClN3O6S2. The Bertz CT molecular complexity index is 1250. The highest BCUT2D eigenvalue weighted by Gasteiger charge is 2.31. The number of hydrogen-bond donors (Lipinski definition) is 2. The van der Waals surface area contributed by atoms with Crippen LogP contribution in [0.3, 0.4) is 0 Å². The largest absolute Gasteiger partial charge is 0.495 e. The van der Waals surface area contributed by atoms with Crippen molar-refractivity contribution in [2.75, 3.05) is 23.0 Å². The molecule has 1 atom stereocenters. The topological polar surface area (TPSA) is 122 Å². The van der Waals surface area contributed by atoms with Crippen LogP contribution < -0.4 is 19.1 Å². The number of carbonyl (C=O) groups is 1. The standard InChI is InChI=1S/C21H28ClN3O6S2/c1-13(2)24-33(29,30)17-9-10-20(31-5)18(12-17)23-21(26)15(4)25(32(6,27)28)19-11-16(22)8-7-14(19)3/h7-13,15,24H,1-6H3,(H,23,26)/t15-/m0/s1. The van der Waals surface area contributed by atoms with Gasteiger partial charge in [0.15, 0.2) is 0 Å². The molecule has 0 aliphatic heterocycles. The van der Waals surface area contributed by atoms with Crippen molar-refractivity contribution in [3.05, 3.63) is 47.0 Å². The van der Waals surface area contributed by atoms with Crippen LogP contribution in [0.5, 0.6) is 5.75 Å². The third-order valence-electron chi connectivity index (χ3n) is 4.63. The predicted octanol–water partition coefficient (Wildman–Crippen LogP) is 3.14. The molecule has 0 radical (unpaired) electrons. The van der Waals surface area contributed by atoms with Crippen LogP contribution in [0.4, 0.5) is 11.4 Å². The van der Waals surface area contributed by atoms with Crippen molar-refractivity contribution in [3.8, 4) is 5.75 Å². The van der Waals surface area contributed by atoms with Gasteiger partial charge >= 0.3 is 0 Å². The second kappa shape index (κ2) is 10.3. The lowest BCUT2D eigenvalue weighted by Gasteiger charge is -2.29. The number of nitrogens with one attached hydrogen (secondary N) is 2. The first-order valence-electron chi connectivity index (χ1n) is 9.94. The number of hydrogen-bond acceptors (Lipinski definition) is 6. The van der Waals surface area contributed by atoms with Gasteiger partial charge in [0.2, 0.25) is 26.0 Å². The minimum absolute atomic E-state index is 0.0781. The molecule has 0 saturated carbocycles. The summed E-state index contributed by atoms with van der Waals surface area (Å²) in [5.74, 6) is -0.478. The van der Waals surface area contributed by atoms with Gasteiger partial charge in [-0.05, 0) is 63.6 Å². The summed E-state index contributed by atoms with van der Waals surface area (Å²) in [4.78, 5) is 13.0. The van der Waals surface area contributed by atoms with Crippen LogP contribution in [0.25, 0.3) is 0 Å². The lowest BCUT2D eigenvalue weighted by molar-refractivity contribution is -0.116. The highest BCUT2D eigenvalue weighted by atomic mass is 35.5. The molecule has 182 valence electrons. The summed E-state index contributed by atoms with van der Waals surface area (Å²) in [5.41, 5.74) is 0.948. The molecular weight excluding hydrogens is 490 g/mol. The van der Waals surface area contributed by atoms with Crippen LogP contribution in [0.1, 0.15) is 26.3 Å². The Balaban J connectivity index is 2.47. The number of aryl methyl sites for hydroxylation is 1. The van der Waals surface area contributed by atoms with E-state index >= 15 is 0 Å². The summed E-state index contributed by atoms with van der Waals surface area (Å²) in [7, 11) is -6.34. The van der Waals surface area contributed by atoms with Crippen molar-refractivity contribution < 1.29 is 26.4 Å². The van der Waals surface area contributed by atoms with Gasteiger partial charge in [-0.3, -0.25) is 9.10 Å². The van der Waals surface area contributed by atoms with Gasteiger partial charge in [-0.2, -0.15) is 0 Å². The number of benzene rings is 2. The second-order valence-electron chi connectivity index (χ2n) is 7.79. The molecule has 2 rings (SSSR count). The van der Waals surface area contributed by atoms with E-state index in [1.807, 2.05) is 0 Å². The lowest BCUT2D eigenvalue weighted by Crippen LogP contribution is -2.45. The fourth-order valence-electron chi connectivity index (χ4n) is 3.17. The summed E-state index contributed by atoms with van der Waals surface area (Å²) in [6, 6.07) is 7.23. The minimum Gasteiger partial charge on any atom is -0.495 e. The number of methoxy groups -OCH3 is 1. The molecule has 0 unspecified atom stereocenters. The van der Waals surface area contributed by atoms with Gasteiger partial charge in [0.1, 0.15) is 11.8 Å². The van der Waals surface area contributed by atoms with Crippen molar-refractivity contribution in [2.24, 2.45) is 0 Å². The molecule has 2 N–H and O–H groups in total. The van der Waals surface area contributed by atoms with Crippen molar-refractivity contribution >= 4 is 48.9 Å². The molecule has 1 amide bonds. The second-order valence-corrected chi connectivity index (χ2v) is 11.8. The lowest BCUT2D eigenvalue weighted by atomic mass is 10.1. The van der Waals surface area contributed by atoms with E-state index in [0.29, 0.717) is 10.6 Å². The molecule has 0 heterocycles. The molecule has 2 aromatic carbocycles. The van der Waals surface area contributed by atoms with E-state index < -0.39 is 32.0 Å². The van der Waals surface area contributed by atoms with Crippen LogP contribution in [-0.4, -0.2) is 48.2 Å². The fraction of sp³-hybridized carbons (Fsp3) is 0.381. The van der Waals surface area contributed by atoms with Crippen LogP contribution in [0.15, 0.2) is 41.3 Å². The molecule has 0 bridgehead atoms. The molecule has 0 saturated heterocycles. The van der Waals surface area contributed by atoms with Crippen LogP contribution >= 0.6 is 11.6 Å². The van der Waals surface area contributed by atoms with Crippen LogP contribution in [0.2, 0.25) is 5.02 Å². The van der Waals surface area contributed by atoms with Gasteiger partial charge in [0.25, 0.3) is 0 Å². The van der Waals surface area contributed by atoms with E-state index in [2.05, 4.69) is 10.0 Å². The third kappa shape index (κ3) is 6.59. The highest BCUT2D eigenvalue weighted by molar-refractivity contribution is 7.92. The Labute approximate surface area is 200 Å². The van der Waals surface area contributed by atoms with Gasteiger partial charge in [-0.15, -0.1) is 0 Å². The van der Waals surface area contributed by atoms with Gasteiger partial charge in [-0.25, -0.2) is 21.6 Å². The van der Waals surface area contributed by atoms with Gasteiger partial charge in [-0.1, -0.05) is 17.7 Å². The zero-order valence-electron chi connectivity index (χ0n) is 19.2. The zero-order valence-corrected chi connectivity index (χ0v) is 21.6. The number of carbonyl (C=O) groups excluding carboxylic acids is 1. The molecule has 0 aromatic heterocycles. The highest BCUT2D eigenvalue weighted by Crippen LogP contribution is 2.31. The minimum atomic E-state index is -3.88. The summed E-state index contributed by atoms with van der Waals surface area (Å²) >= 11 is 6.06. The van der Waals surface area contributed by atoms with Crippen molar-refractivity contribution in [1.82, 2.24) is 4.72 Å². The third-order valence-corrected chi connectivity index (χ3v) is 7.75. The molecule has 33 heavy (non-hydrogen) atoms. The maximum Gasteiger partial charge on any atom is 0.248 e. The summed E-state index contributed by atoms with van der Waals surface area (Å²) < 4.78 is 59.0. The smallest absolute Gasteiger partial charge is 0.248 e. The van der Waals surface area contributed by atoms with Gasteiger partial charge in [0.05, 0.1) is 29.6 Å². The number of amides is 1. The Hall–Kier alpha value is -2.34. The Morgan fingerprint density at radius 1 is 1.06 bits per heavy atom. The van der Waals surface area contributed by atoms with E-state index in [-0.39, 0.29) is 28.1 Å². The number of sulfonamides is 2. The molecule has 12 heteroatoms. The van der Waals surface area contributed by atoms with E-state index in [9.17, 15) is 21.6 Å². The number of ether oxygens (including phenoxy) is 1. The van der Waals surface area contributed by atoms with Crippen LogP contribution in [0, 0.1) is 6.92 Å². The maximum absolute atomic E-state index is 13.1.